The van der Waals surface area contributed by atoms with E-state index in [0.717, 1.165) is 11.1 Å². The Morgan fingerprint density at radius 3 is 2.50 bits per heavy atom. The molecule has 0 unspecified atom stereocenters. The lowest BCUT2D eigenvalue weighted by Crippen LogP contribution is -2.22. The summed E-state index contributed by atoms with van der Waals surface area (Å²) in [6, 6.07) is 3.60. The molecule has 0 fully saturated rings. The van der Waals surface area contributed by atoms with Gasteiger partial charge in [-0.2, -0.15) is 0 Å². The van der Waals surface area contributed by atoms with Crippen LogP contribution in [0.3, 0.4) is 0 Å². The van der Waals surface area contributed by atoms with Gasteiger partial charge in [-0.05, 0) is 17.7 Å². The lowest BCUT2D eigenvalue weighted by Gasteiger charge is -2.29. The van der Waals surface area contributed by atoms with Crippen molar-refractivity contribution in [3.05, 3.63) is 23.3 Å². The number of carbonyl (C=O) groups is 1. The van der Waals surface area contributed by atoms with Gasteiger partial charge in [0.05, 0.1) is 14.2 Å². The van der Waals surface area contributed by atoms with Gasteiger partial charge >= 0.3 is 6.16 Å². The lowest BCUT2D eigenvalue weighted by molar-refractivity contribution is 0.0414. The molecule has 86 valence electrons. The molecule has 16 heavy (non-hydrogen) atoms. The highest BCUT2D eigenvalue weighted by Crippen LogP contribution is 2.42. The summed E-state index contributed by atoms with van der Waals surface area (Å²) in [5.41, 5.74) is 1.88. The lowest BCUT2D eigenvalue weighted by atomic mass is 9.85. The van der Waals surface area contributed by atoms with Crippen molar-refractivity contribution in [1.82, 2.24) is 0 Å². The van der Waals surface area contributed by atoms with Gasteiger partial charge < -0.3 is 19.3 Å². The zero-order valence-electron chi connectivity index (χ0n) is 9.02. The van der Waals surface area contributed by atoms with E-state index in [9.17, 15) is 4.79 Å². The van der Waals surface area contributed by atoms with Crippen molar-refractivity contribution < 1.29 is 24.1 Å². The average molecular weight is 224 g/mol. The minimum absolute atomic E-state index is 0.382. The van der Waals surface area contributed by atoms with E-state index < -0.39 is 6.16 Å². The van der Waals surface area contributed by atoms with Crippen LogP contribution in [-0.4, -0.2) is 25.5 Å². The molecule has 0 bridgehead atoms. The molecule has 1 aromatic rings. The minimum Gasteiger partial charge on any atom is -0.493 e. The summed E-state index contributed by atoms with van der Waals surface area (Å²) in [5.74, 6) is 1.23. The second kappa shape index (κ2) is 3.92. The van der Waals surface area contributed by atoms with E-state index in [4.69, 9.17) is 19.3 Å². The number of fused-ring (bicyclic) bond motifs is 1. The smallest absolute Gasteiger partial charge is 0.493 e. The average Bonchev–Trinajstić information content (AvgIpc) is 2.25. The van der Waals surface area contributed by atoms with Crippen molar-refractivity contribution in [2.75, 3.05) is 14.2 Å². The van der Waals surface area contributed by atoms with Gasteiger partial charge in [0.1, 0.15) is 6.10 Å². The molecule has 0 saturated carbocycles. The van der Waals surface area contributed by atoms with Gasteiger partial charge in [-0.25, -0.2) is 4.79 Å². The van der Waals surface area contributed by atoms with E-state index in [-0.39, 0.29) is 6.10 Å². The standard InChI is InChI=1S/C11H12O5/c1-14-9-4-6-3-8(16-11(12)13)7(6)5-10(9)15-2/h4-5,8H,3H2,1-2H3,(H,12,13)/t8-/m0/s1. The Labute approximate surface area is 92.5 Å². The van der Waals surface area contributed by atoms with E-state index in [1.54, 1.807) is 13.2 Å². The van der Waals surface area contributed by atoms with Crippen LogP contribution in [0.2, 0.25) is 0 Å². The van der Waals surface area contributed by atoms with E-state index in [1.807, 2.05) is 6.07 Å². The maximum Gasteiger partial charge on any atom is 0.506 e. The summed E-state index contributed by atoms with van der Waals surface area (Å²) in [5, 5.41) is 8.52. The van der Waals surface area contributed by atoms with E-state index in [0.29, 0.717) is 17.9 Å². The van der Waals surface area contributed by atoms with Crippen LogP contribution < -0.4 is 9.47 Å². The van der Waals surface area contributed by atoms with Crippen LogP contribution in [0, 0.1) is 0 Å². The molecule has 1 aliphatic carbocycles. The predicted octanol–water partition coefficient (Wildman–Crippen LogP) is 2.00. The third-order valence-corrected chi connectivity index (χ3v) is 2.64. The summed E-state index contributed by atoms with van der Waals surface area (Å²) in [4.78, 5) is 10.4. The van der Waals surface area contributed by atoms with E-state index in [2.05, 4.69) is 0 Å². The van der Waals surface area contributed by atoms with E-state index in [1.165, 1.54) is 7.11 Å². The van der Waals surface area contributed by atoms with Gasteiger partial charge in [0.15, 0.2) is 11.5 Å². The Balaban J connectivity index is 2.27. The van der Waals surface area contributed by atoms with Gasteiger partial charge in [0, 0.05) is 12.0 Å². The van der Waals surface area contributed by atoms with Crippen molar-refractivity contribution >= 4 is 6.16 Å². The van der Waals surface area contributed by atoms with Crippen molar-refractivity contribution in [2.45, 2.75) is 12.5 Å². The number of ether oxygens (including phenoxy) is 3. The third kappa shape index (κ3) is 1.64. The number of carboxylic acid groups (broad SMARTS) is 1. The molecule has 1 aromatic carbocycles. The number of methoxy groups -OCH3 is 2. The molecule has 5 nitrogen and oxygen atoms in total. The topological polar surface area (TPSA) is 65.0 Å². The van der Waals surface area contributed by atoms with Crippen LogP contribution in [0.5, 0.6) is 11.5 Å². The van der Waals surface area contributed by atoms with Crippen LogP contribution >= 0.6 is 0 Å². The molecule has 0 radical (unpaired) electrons. The maximum atomic E-state index is 10.4. The fourth-order valence-corrected chi connectivity index (χ4v) is 1.82. The first-order valence-corrected chi connectivity index (χ1v) is 4.80. The van der Waals surface area contributed by atoms with Gasteiger partial charge in [-0.3, -0.25) is 0 Å². The largest absolute Gasteiger partial charge is 0.506 e. The Kier molecular flexibility index (Phi) is 2.60. The fraction of sp³-hybridized carbons (Fsp3) is 0.364. The van der Waals surface area contributed by atoms with Crippen LogP contribution in [0.4, 0.5) is 4.79 Å². The quantitative estimate of drug-likeness (QED) is 0.795. The predicted molar refractivity (Wildman–Crippen MR) is 55.1 cm³/mol. The second-order valence-electron chi connectivity index (χ2n) is 3.48. The minimum atomic E-state index is -1.26. The Bertz CT molecular complexity index is 427. The number of hydrogen-bond acceptors (Lipinski definition) is 4. The SMILES string of the molecule is COc1cc2c(cc1OC)[C@@H](OC(=O)O)C2. The first-order valence-electron chi connectivity index (χ1n) is 4.80. The van der Waals surface area contributed by atoms with Crippen molar-refractivity contribution in [2.24, 2.45) is 0 Å². The monoisotopic (exact) mass is 224 g/mol. The summed E-state index contributed by atoms with van der Waals surface area (Å²) in [6.07, 6.45) is -1.06. The highest BCUT2D eigenvalue weighted by Gasteiger charge is 2.31. The first-order chi connectivity index (χ1) is 7.65. The molecule has 5 heteroatoms. The Morgan fingerprint density at radius 1 is 1.31 bits per heavy atom. The molecule has 1 aliphatic rings. The molecule has 0 saturated heterocycles. The zero-order chi connectivity index (χ0) is 11.7. The highest BCUT2D eigenvalue weighted by atomic mass is 16.7. The van der Waals surface area contributed by atoms with Crippen LogP contribution in [0.1, 0.15) is 17.2 Å². The van der Waals surface area contributed by atoms with Crippen LogP contribution in [0.25, 0.3) is 0 Å². The van der Waals surface area contributed by atoms with Crippen LogP contribution in [0.15, 0.2) is 12.1 Å². The van der Waals surface area contributed by atoms with Crippen molar-refractivity contribution in [3.63, 3.8) is 0 Å². The molecule has 1 atom stereocenters. The molecular weight excluding hydrogens is 212 g/mol. The van der Waals surface area contributed by atoms with Gasteiger partial charge in [-0.15, -0.1) is 0 Å². The molecule has 2 rings (SSSR count). The third-order valence-electron chi connectivity index (χ3n) is 2.64. The van der Waals surface area contributed by atoms with Gasteiger partial charge in [-0.1, -0.05) is 0 Å². The normalized spacial score (nSPS) is 17.0. The molecule has 0 heterocycles. The van der Waals surface area contributed by atoms with E-state index >= 15 is 0 Å². The molecular formula is C11H12O5. The Hall–Kier alpha value is -1.91. The fourth-order valence-electron chi connectivity index (χ4n) is 1.82. The Morgan fingerprint density at radius 2 is 1.94 bits per heavy atom. The number of hydrogen-bond donors (Lipinski definition) is 1. The number of rotatable bonds is 3. The summed E-state index contributed by atoms with van der Waals surface area (Å²) in [6.45, 7) is 0. The van der Waals surface area contributed by atoms with Gasteiger partial charge in [0.25, 0.3) is 0 Å². The summed E-state index contributed by atoms with van der Waals surface area (Å²) >= 11 is 0. The van der Waals surface area contributed by atoms with Gasteiger partial charge in [0.2, 0.25) is 0 Å². The summed E-state index contributed by atoms with van der Waals surface area (Å²) < 4.78 is 15.0. The van der Waals surface area contributed by atoms with Crippen molar-refractivity contribution in [1.29, 1.82) is 0 Å². The second-order valence-corrected chi connectivity index (χ2v) is 3.48. The molecule has 1 N–H and O–H groups in total. The summed E-state index contributed by atoms with van der Waals surface area (Å²) in [7, 11) is 3.10. The molecule has 0 spiro atoms. The number of benzene rings is 1. The van der Waals surface area contributed by atoms with Crippen molar-refractivity contribution in [3.8, 4) is 11.5 Å². The maximum absolute atomic E-state index is 10.4. The molecule has 0 aromatic heterocycles. The molecule has 0 aliphatic heterocycles. The molecule has 0 amide bonds. The first kappa shape index (κ1) is 10.6. The highest BCUT2D eigenvalue weighted by molar-refractivity contribution is 5.60. The zero-order valence-corrected chi connectivity index (χ0v) is 9.02. The van der Waals surface area contributed by atoms with Crippen LogP contribution in [-0.2, 0) is 11.2 Å².